The third kappa shape index (κ3) is 2.30. The number of likely N-dealkylation sites (tertiary alicyclic amines) is 1. The van der Waals surface area contributed by atoms with Crippen LogP contribution in [0.25, 0.3) is 0 Å². The van der Waals surface area contributed by atoms with Crippen LogP contribution in [0.4, 0.5) is 0 Å². The minimum atomic E-state index is -0.443. The van der Waals surface area contributed by atoms with Crippen LogP contribution in [0, 0.1) is 0 Å². The summed E-state index contributed by atoms with van der Waals surface area (Å²) in [7, 11) is 3.75. The van der Waals surface area contributed by atoms with Gasteiger partial charge in [-0.25, -0.2) is 0 Å². The molecule has 0 aliphatic carbocycles. The molecule has 0 radical (unpaired) electrons. The summed E-state index contributed by atoms with van der Waals surface area (Å²) in [6.07, 6.45) is 2.35. The number of aliphatic hydroxyl groups is 1. The van der Waals surface area contributed by atoms with Crippen LogP contribution in [-0.2, 0) is 0 Å². The van der Waals surface area contributed by atoms with Gasteiger partial charge in [-0.05, 0) is 38.6 Å². The number of fused-ring (bicyclic) bond motifs is 1. The molecule has 1 unspecified atom stereocenters. The summed E-state index contributed by atoms with van der Waals surface area (Å²) in [5.74, 6) is 1.54. The third-order valence-corrected chi connectivity index (χ3v) is 4.20. The molecule has 1 aromatic rings. The van der Waals surface area contributed by atoms with Crippen LogP contribution in [0.5, 0.6) is 11.5 Å². The molecule has 1 N–H and O–H groups in total. The lowest BCUT2D eigenvalue weighted by Gasteiger charge is -2.45. The molecule has 2 heterocycles. The van der Waals surface area contributed by atoms with Gasteiger partial charge in [-0.3, -0.25) is 0 Å². The van der Waals surface area contributed by atoms with E-state index in [-0.39, 0.29) is 5.60 Å². The van der Waals surface area contributed by atoms with Gasteiger partial charge < -0.3 is 19.5 Å². The standard InChI is InChI=1S/C15H21NO3/c1-16-7-3-6-15(10-16)9-13(17)12-5-4-11(18-2)8-14(12)19-15/h4-5,8,13,17H,3,6-7,9-10H2,1-2H3/t13-,15?/m0/s1. The molecule has 104 valence electrons. The largest absolute Gasteiger partial charge is 0.497 e. The van der Waals surface area contributed by atoms with Gasteiger partial charge in [0.1, 0.15) is 17.1 Å². The van der Waals surface area contributed by atoms with Crippen molar-refractivity contribution in [1.29, 1.82) is 0 Å². The fraction of sp³-hybridized carbons (Fsp3) is 0.600. The number of likely N-dealkylation sites (N-methyl/N-ethyl adjacent to an activating group) is 1. The molecule has 0 amide bonds. The van der Waals surface area contributed by atoms with Crippen LogP contribution in [0.2, 0.25) is 0 Å². The van der Waals surface area contributed by atoms with Crippen LogP contribution in [-0.4, -0.2) is 42.9 Å². The molecule has 2 atom stereocenters. The number of aliphatic hydroxyl groups excluding tert-OH is 1. The van der Waals surface area contributed by atoms with Crippen LogP contribution in [0.3, 0.4) is 0 Å². The Morgan fingerprint density at radius 1 is 1.47 bits per heavy atom. The summed E-state index contributed by atoms with van der Waals surface area (Å²) in [6.45, 7) is 1.98. The van der Waals surface area contributed by atoms with Crippen molar-refractivity contribution in [1.82, 2.24) is 4.90 Å². The lowest BCUT2D eigenvalue weighted by molar-refractivity contribution is -0.0555. The molecule has 19 heavy (non-hydrogen) atoms. The van der Waals surface area contributed by atoms with Crippen molar-refractivity contribution in [3.63, 3.8) is 0 Å². The maximum atomic E-state index is 10.4. The van der Waals surface area contributed by atoms with Gasteiger partial charge in [-0.15, -0.1) is 0 Å². The Morgan fingerprint density at radius 3 is 3.05 bits per heavy atom. The predicted molar refractivity (Wildman–Crippen MR) is 72.7 cm³/mol. The Hall–Kier alpha value is -1.26. The van der Waals surface area contributed by atoms with Crippen molar-refractivity contribution in [3.8, 4) is 11.5 Å². The van der Waals surface area contributed by atoms with Crippen molar-refractivity contribution in [2.24, 2.45) is 0 Å². The monoisotopic (exact) mass is 263 g/mol. The summed E-state index contributed by atoms with van der Waals surface area (Å²) in [4.78, 5) is 2.28. The summed E-state index contributed by atoms with van der Waals surface area (Å²) in [5.41, 5.74) is 0.630. The van der Waals surface area contributed by atoms with Crippen LogP contribution >= 0.6 is 0 Å². The Bertz CT molecular complexity index is 476. The van der Waals surface area contributed by atoms with E-state index < -0.39 is 6.10 Å². The Morgan fingerprint density at radius 2 is 2.32 bits per heavy atom. The number of methoxy groups -OCH3 is 1. The van der Waals surface area contributed by atoms with Crippen molar-refractivity contribution < 1.29 is 14.6 Å². The third-order valence-electron chi connectivity index (χ3n) is 4.20. The lowest BCUT2D eigenvalue weighted by atomic mass is 9.83. The fourth-order valence-corrected chi connectivity index (χ4v) is 3.31. The second-order valence-electron chi connectivity index (χ2n) is 5.75. The van der Waals surface area contributed by atoms with Crippen LogP contribution < -0.4 is 9.47 Å². The van der Waals surface area contributed by atoms with Gasteiger partial charge in [0, 0.05) is 24.6 Å². The normalized spacial score (nSPS) is 30.8. The maximum absolute atomic E-state index is 10.4. The van der Waals surface area contributed by atoms with E-state index in [1.165, 1.54) is 0 Å². The van der Waals surface area contributed by atoms with Crippen LogP contribution in [0.15, 0.2) is 18.2 Å². The van der Waals surface area contributed by atoms with Gasteiger partial charge in [0.2, 0.25) is 0 Å². The Kier molecular flexibility index (Phi) is 3.15. The first kappa shape index (κ1) is 12.8. The van der Waals surface area contributed by atoms with E-state index >= 15 is 0 Å². The lowest BCUT2D eigenvalue weighted by Crippen LogP contribution is -2.52. The van der Waals surface area contributed by atoms with Crippen LogP contribution in [0.1, 0.15) is 30.9 Å². The average molecular weight is 263 g/mol. The highest BCUT2D eigenvalue weighted by atomic mass is 16.5. The van der Waals surface area contributed by atoms with E-state index in [0.29, 0.717) is 6.42 Å². The van der Waals surface area contributed by atoms with Gasteiger partial charge in [-0.1, -0.05) is 0 Å². The Balaban J connectivity index is 1.93. The second kappa shape index (κ2) is 4.69. The number of rotatable bonds is 1. The maximum Gasteiger partial charge on any atom is 0.129 e. The highest BCUT2D eigenvalue weighted by Gasteiger charge is 2.42. The zero-order valence-corrected chi connectivity index (χ0v) is 11.6. The molecular formula is C15H21NO3. The molecule has 0 aromatic heterocycles. The summed E-state index contributed by atoms with van der Waals surface area (Å²) in [5, 5.41) is 10.4. The first-order valence-electron chi connectivity index (χ1n) is 6.85. The highest BCUT2D eigenvalue weighted by Crippen LogP contribution is 2.44. The topological polar surface area (TPSA) is 41.9 Å². The van der Waals surface area contributed by atoms with E-state index in [1.807, 2.05) is 18.2 Å². The summed E-state index contributed by atoms with van der Waals surface area (Å²) in [6, 6.07) is 5.66. The number of hydrogen-bond donors (Lipinski definition) is 1. The molecular weight excluding hydrogens is 242 g/mol. The second-order valence-corrected chi connectivity index (χ2v) is 5.75. The Labute approximate surface area is 113 Å². The first-order valence-corrected chi connectivity index (χ1v) is 6.85. The number of piperidine rings is 1. The number of ether oxygens (including phenoxy) is 2. The molecule has 4 heteroatoms. The highest BCUT2D eigenvalue weighted by molar-refractivity contribution is 5.44. The molecule has 1 saturated heterocycles. The van der Waals surface area contributed by atoms with Gasteiger partial charge in [0.25, 0.3) is 0 Å². The molecule has 3 rings (SSSR count). The quantitative estimate of drug-likeness (QED) is 0.841. The van der Waals surface area contributed by atoms with Gasteiger partial charge in [0.15, 0.2) is 0 Å². The van der Waals surface area contributed by atoms with Gasteiger partial charge in [0.05, 0.1) is 13.2 Å². The number of hydrogen-bond acceptors (Lipinski definition) is 4. The zero-order valence-electron chi connectivity index (χ0n) is 11.6. The molecule has 4 nitrogen and oxygen atoms in total. The van der Waals surface area contributed by atoms with E-state index in [9.17, 15) is 5.11 Å². The number of benzene rings is 1. The SMILES string of the molecule is COc1ccc2c(c1)OC1(CCCN(C)C1)C[C@@H]2O. The molecule has 1 spiro atoms. The molecule has 1 fully saturated rings. The molecule has 2 aliphatic heterocycles. The molecule has 0 bridgehead atoms. The van der Waals surface area contributed by atoms with Crippen molar-refractivity contribution in [3.05, 3.63) is 23.8 Å². The smallest absolute Gasteiger partial charge is 0.129 e. The zero-order chi connectivity index (χ0) is 13.5. The minimum Gasteiger partial charge on any atom is -0.497 e. The van der Waals surface area contributed by atoms with Crippen molar-refractivity contribution in [2.75, 3.05) is 27.2 Å². The van der Waals surface area contributed by atoms with Gasteiger partial charge in [-0.2, -0.15) is 0 Å². The van der Waals surface area contributed by atoms with E-state index in [1.54, 1.807) is 7.11 Å². The fourth-order valence-electron chi connectivity index (χ4n) is 3.31. The molecule has 1 aromatic carbocycles. The summed E-state index contributed by atoms with van der Waals surface area (Å²) < 4.78 is 11.5. The average Bonchev–Trinajstić information content (AvgIpc) is 2.37. The van der Waals surface area contributed by atoms with E-state index in [4.69, 9.17) is 9.47 Å². The predicted octanol–water partition coefficient (Wildman–Crippen LogP) is 1.98. The van der Waals surface area contributed by atoms with E-state index in [2.05, 4.69) is 11.9 Å². The van der Waals surface area contributed by atoms with Crippen molar-refractivity contribution in [2.45, 2.75) is 31.0 Å². The van der Waals surface area contributed by atoms with Crippen molar-refractivity contribution >= 4 is 0 Å². The van der Waals surface area contributed by atoms with E-state index in [0.717, 1.165) is 43.0 Å². The van der Waals surface area contributed by atoms with Gasteiger partial charge >= 0.3 is 0 Å². The number of nitrogens with zero attached hydrogens (tertiary/aromatic N) is 1. The first-order chi connectivity index (χ1) is 9.12. The minimum absolute atomic E-state index is 0.244. The molecule has 0 saturated carbocycles. The molecule has 2 aliphatic rings. The summed E-state index contributed by atoms with van der Waals surface area (Å²) >= 11 is 0.